The maximum Gasteiger partial charge on any atom is 0.191 e. The minimum atomic E-state index is -0.308. The highest BCUT2D eigenvalue weighted by Gasteiger charge is 2.26. The van der Waals surface area contributed by atoms with Crippen molar-refractivity contribution in [3.05, 3.63) is 47.9 Å². The van der Waals surface area contributed by atoms with Gasteiger partial charge in [-0.2, -0.15) is 0 Å². The molecule has 0 radical (unpaired) electrons. The molecule has 0 bridgehead atoms. The van der Waals surface area contributed by atoms with E-state index in [2.05, 4.69) is 20.6 Å². The van der Waals surface area contributed by atoms with Gasteiger partial charge in [0.2, 0.25) is 0 Å². The molecule has 1 fully saturated rings. The predicted molar refractivity (Wildman–Crippen MR) is 123 cm³/mol. The summed E-state index contributed by atoms with van der Waals surface area (Å²) in [4.78, 5) is 10.7. The van der Waals surface area contributed by atoms with Gasteiger partial charge < -0.3 is 25.4 Å². The van der Waals surface area contributed by atoms with Gasteiger partial charge in [-0.05, 0) is 31.5 Å². The molecule has 3 N–H and O–H groups in total. The lowest BCUT2D eigenvalue weighted by atomic mass is 10.2. The van der Waals surface area contributed by atoms with Gasteiger partial charge in [-0.3, -0.25) is 0 Å². The van der Waals surface area contributed by atoms with Crippen LogP contribution in [0.2, 0.25) is 0 Å². The summed E-state index contributed by atoms with van der Waals surface area (Å²) >= 11 is 0. The number of guanidine groups is 1. The maximum absolute atomic E-state index is 14.0. The third-order valence-corrected chi connectivity index (χ3v) is 4.62. The summed E-state index contributed by atoms with van der Waals surface area (Å²) in [6.45, 7) is 4.37. The highest BCUT2D eigenvalue weighted by Crippen LogP contribution is 2.29. The monoisotopic (exact) mass is 515 g/mol. The summed E-state index contributed by atoms with van der Waals surface area (Å²) < 4.78 is 19.1. The normalized spacial score (nSPS) is 16.3. The number of hydrogen-bond acceptors (Lipinski definition) is 5. The second-order valence-corrected chi connectivity index (χ2v) is 6.55. The molecular weight excluding hydrogens is 488 g/mol. The third-order valence-electron chi connectivity index (χ3n) is 4.62. The number of ether oxygens (including phenoxy) is 1. The van der Waals surface area contributed by atoms with Crippen LogP contribution in [-0.2, 0) is 6.54 Å². The van der Waals surface area contributed by atoms with E-state index in [0.717, 1.165) is 13.0 Å². The smallest absolute Gasteiger partial charge is 0.191 e. The van der Waals surface area contributed by atoms with Crippen LogP contribution in [0.25, 0.3) is 0 Å². The Bertz CT molecular complexity index is 836. The van der Waals surface area contributed by atoms with Gasteiger partial charge in [-0.25, -0.2) is 14.4 Å². The van der Waals surface area contributed by atoms with Gasteiger partial charge in [0, 0.05) is 37.4 Å². The fraction of sp³-hybridized carbons (Fsp3) is 0.400. The fourth-order valence-corrected chi connectivity index (χ4v) is 3.22. The second-order valence-electron chi connectivity index (χ2n) is 6.55. The van der Waals surface area contributed by atoms with E-state index in [9.17, 15) is 9.50 Å². The average Bonchev–Trinajstić information content (AvgIpc) is 3.16. The number of pyridine rings is 1. The Morgan fingerprint density at radius 2 is 2.21 bits per heavy atom. The Morgan fingerprint density at radius 3 is 2.93 bits per heavy atom. The number of benzene rings is 1. The topological polar surface area (TPSA) is 82.0 Å². The van der Waals surface area contributed by atoms with Crippen molar-refractivity contribution < 1.29 is 14.2 Å². The Balaban J connectivity index is 0.00000300. The van der Waals surface area contributed by atoms with Crippen LogP contribution in [0.1, 0.15) is 18.9 Å². The van der Waals surface area contributed by atoms with Gasteiger partial charge in [-0.15, -0.1) is 24.0 Å². The summed E-state index contributed by atoms with van der Waals surface area (Å²) in [5, 5.41) is 16.8. The van der Waals surface area contributed by atoms with E-state index in [1.165, 1.54) is 13.2 Å². The summed E-state index contributed by atoms with van der Waals surface area (Å²) in [6.07, 6.45) is 2.45. The van der Waals surface area contributed by atoms with Crippen molar-refractivity contribution in [1.29, 1.82) is 0 Å². The van der Waals surface area contributed by atoms with E-state index in [0.29, 0.717) is 42.7 Å². The molecule has 0 amide bonds. The number of rotatable bonds is 6. The molecule has 29 heavy (non-hydrogen) atoms. The molecule has 1 aliphatic heterocycles. The summed E-state index contributed by atoms with van der Waals surface area (Å²) in [5.41, 5.74) is 0.681. The second kappa shape index (κ2) is 11.0. The largest absolute Gasteiger partial charge is 0.504 e. The van der Waals surface area contributed by atoms with Gasteiger partial charge in [0.15, 0.2) is 29.1 Å². The molecule has 0 saturated carbocycles. The van der Waals surface area contributed by atoms with E-state index in [1.54, 1.807) is 18.3 Å². The molecule has 1 aromatic carbocycles. The minimum absolute atomic E-state index is 0. The zero-order valence-corrected chi connectivity index (χ0v) is 18.9. The molecule has 9 heteroatoms. The molecule has 1 unspecified atom stereocenters. The Hall–Kier alpha value is -2.30. The number of phenols is 1. The van der Waals surface area contributed by atoms with Crippen molar-refractivity contribution >= 4 is 35.8 Å². The number of methoxy groups -OCH3 is 1. The van der Waals surface area contributed by atoms with Crippen LogP contribution >= 0.6 is 24.0 Å². The molecule has 2 aromatic rings. The minimum Gasteiger partial charge on any atom is -0.504 e. The van der Waals surface area contributed by atoms with E-state index in [1.807, 2.05) is 24.0 Å². The van der Waals surface area contributed by atoms with Gasteiger partial charge in [0.05, 0.1) is 13.7 Å². The number of aromatic nitrogens is 1. The lowest BCUT2D eigenvalue weighted by Crippen LogP contribution is -2.44. The van der Waals surface area contributed by atoms with E-state index in [-0.39, 0.29) is 41.6 Å². The number of nitrogens with zero attached hydrogens (tertiary/aromatic N) is 3. The number of anilines is 1. The molecule has 7 nitrogen and oxygen atoms in total. The van der Waals surface area contributed by atoms with Crippen molar-refractivity contribution in [3.8, 4) is 11.5 Å². The van der Waals surface area contributed by atoms with Gasteiger partial charge in [0.25, 0.3) is 0 Å². The van der Waals surface area contributed by atoms with Crippen LogP contribution in [0.4, 0.5) is 10.2 Å². The van der Waals surface area contributed by atoms with Crippen LogP contribution in [0.3, 0.4) is 0 Å². The number of halogens is 2. The number of aliphatic imine (C=N–C) groups is 1. The number of para-hydroxylation sites is 1. The SMILES string of the molecule is CCNC(=NCc1cccc(OC)c1O)NC1CCN(c2ncccc2F)C1.I. The van der Waals surface area contributed by atoms with Gasteiger partial charge in [-0.1, -0.05) is 12.1 Å². The van der Waals surface area contributed by atoms with Crippen molar-refractivity contribution in [2.45, 2.75) is 25.9 Å². The van der Waals surface area contributed by atoms with E-state index < -0.39 is 0 Å². The molecule has 158 valence electrons. The van der Waals surface area contributed by atoms with Crippen molar-refractivity contribution in [3.63, 3.8) is 0 Å². The Kier molecular flexibility index (Phi) is 8.74. The molecule has 0 aliphatic carbocycles. The highest BCUT2D eigenvalue weighted by atomic mass is 127. The molecule has 0 spiro atoms. The zero-order chi connectivity index (χ0) is 19.9. The first kappa shape index (κ1) is 23.0. The molecular formula is C20H27FIN5O2. The highest BCUT2D eigenvalue weighted by molar-refractivity contribution is 14.0. The van der Waals surface area contributed by atoms with Crippen LogP contribution < -0.4 is 20.3 Å². The van der Waals surface area contributed by atoms with E-state index in [4.69, 9.17) is 4.74 Å². The number of hydrogen-bond donors (Lipinski definition) is 3. The summed E-state index contributed by atoms with van der Waals surface area (Å²) in [5.74, 6) is 1.25. The Morgan fingerprint density at radius 1 is 1.38 bits per heavy atom. The number of nitrogens with one attached hydrogen (secondary N) is 2. The molecule has 2 heterocycles. The van der Waals surface area contributed by atoms with Crippen molar-refractivity contribution in [2.24, 2.45) is 4.99 Å². The van der Waals surface area contributed by atoms with Crippen LogP contribution in [0.15, 0.2) is 41.5 Å². The lowest BCUT2D eigenvalue weighted by molar-refractivity contribution is 0.370. The van der Waals surface area contributed by atoms with Crippen molar-refractivity contribution in [1.82, 2.24) is 15.6 Å². The molecule has 1 saturated heterocycles. The number of aromatic hydroxyl groups is 1. The third kappa shape index (κ3) is 5.84. The first-order valence-corrected chi connectivity index (χ1v) is 9.37. The van der Waals surface area contributed by atoms with Crippen LogP contribution in [-0.4, -0.2) is 48.8 Å². The first-order valence-electron chi connectivity index (χ1n) is 9.37. The van der Waals surface area contributed by atoms with Crippen molar-refractivity contribution in [2.75, 3.05) is 31.6 Å². The lowest BCUT2D eigenvalue weighted by Gasteiger charge is -2.20. The Labute approximate surface area is 187 Å². The molecule has 1 aliphatic rings. The maximum atomic E-state index is 14.0. The fourth-order valence-electron chi connectivity index (χ4n) is 3.22. The zero-order valence-electron chi connectivity index (χ0n) is 16.6. The molecule has 1 atom stereocenters. The number of phenolic OH excluding ortho intramolecular Hbond substituents is 1. The quantitative estimate of drug-likeness (QED) is 0.312. The average molecular weight is 515 g/mol. The van der Waals surface area contributed by atoms with E-state index >= 15 is 0 Å². The first-order chi connectivity index (χ1) is 13.6. The van der Waals surface area contributed by atoms with Gasteiger partial charge >= 0.3 is 0 Å². The predicted octanol–water partition coefficient (Wildman–Crippen LogP) is 2.89. The molecule has 3 rings (SSSR count). The summed E-state index contributed by atoms with van der Waals surface area (Å²) in [7, 11) is 1.52. The summed E-state index contributed by atoms with van der Waals surface area (Å²) in [6, 6.07) is 8.48. The standard InChI is InChI=1S/C20H26FN5O2.HI/c1-3-22-20(24-12-14-6-4-8-17(28-2)18(14)27)25-15-9-11-26(13-15)19-16(21)7-5-10-23-19;/h4-8,10,15,27H,3,9,11-13H2,1-2H3,(H2,22,24,25);1H. The molecule has 1 aromatic heterocycles. The van der Waals surface area contributed by atoms with Crippen LogP contribution in [0.5, 0.6) is 11.5 Å². The van der Waals surface area contributed by atoms with Crippen LogP contribution in [0, 0.1) is 5.82 Å². The van der Waals surface area contributed by atoms with Gasteiger partial charge in [0.1, 0.15) is 0 Å².